The lowest BCUT2D eigenvalue weighted by Gasteiger charge is -2.19. The summed E-state index contributed by atoms with van der Waals surface area (Å²) in [7, 11) is 2.51. The lowest BCUT2D eigenvalue weighted by molar-refractivity contribution is -0.139. The van der Waals surface area contributed by atoms with Gasteiger partial charge in [0.05, 0.1) is 33.3 Å². The van der Waals surface area contributed by atoms with Gasteiger partial charge in [0.15, 0.2) is 0 Å². The molecule has 0 amide bonds. The van der Waals surface area contributed by atoms with Crippen LogP contribution in [0.15, 0.2) is 42.1 Å². The van der Waals surface area contributed by atoms with Gasteiger partial charge in [0.25, 0.3) is 0 Å². The Hall–Kier alpha value is -2.34. The van der Waals surface area contributed by atoms with E-state index in [1.807, 2.05) is 30.3 Å². The van der Waals surface area contributed by atoms with Gasteiger partial charge in [0.2, 0.25) is 0 Å². The standard InChI is InChI=1S/C15H19NO5/c1-20-14(18)8-12(9-15(19)21-2)16-13(10-17)11-6-4-3-5-7-11/h3-8,13,16-17H,9-10H2,1-2H3/b12-8-/t13-/m0/s1. The summed E-state index contributed by atoms with van der Waals surface area (Å²) in [4.78, 5) is 22.7. The third-order valence-corrected chi connectivity index (χ3v) is 2.80. The molecule has 1 aromatic carbocycles. The normalized spacial score (nSPS) is 12.4. The van der Waals surface area contributed by atoms with Gasteiger partial charge in [-0.25, -0.2) is 4.79 Å². The Labute approximate surface area is 123 Å². The van der Waals surface area contributed by atoms with Crippen LogP contribution >= 0.6 is 0 Å². The highest BCUT2D eigenvalue weighted by molar-refractivity contribution is 5.84. The molecule has 0 saturated carbocycles. The SMILES string of the molecule is COC(=O)/C=C(/CC(=O)OC)N[C@@H](CO)c1ccccc1. The molecule has 0 unspecified atom stereocenters. The minimum absolute atomic E-state index is 0.116. The summed E-state index contributed by atoms with van der Waals surface area (Å²) < 4.78 is 9.13. The molecule has 114 valence electrons. The van der Waals surface area contributed by atoms with E-state index < -0.39 is 18.0 Å². The molecule has 0 heterocycles. The Morgan fingerprint density at radius 2 is 1.90 bits per heavy atom. The molecule has 21 heavy (non-hydrogen) atoms. The molecule has 6 nitrogen and oxygen atoms in total. The predicted octanol–water partition coefficient (Wildman–Crippen LogP) is 0.930. The van der Waals surface area contributed by atoms with Crippen molar-refractivity contribution in [1.82, 2.24) is 5.32 Å². The number of methoxy groups -OCH3 is 2. The zero-order valence-corrected chi connectivity index (χ0v) is 12.0. The molecule has 2 N–H and O–H groups in total. The number of rotatable bonds is 7. The van der Waals surface area contributed by atoms with Crippen LogP contribution in [0.2, 0.25) is 0 Å². The maximum Gasteiger partial charge on any atom is 0.332 e. The highest BCUT2D eigenvalue weighted by Gasteiger charge is 2.15. The summed E-state index contributed by atoms with van der Waals surface area (Å²) >= 11 is 0. The largest absolute Gasteiger partial charge is 0.469 e. The molecule has 0 radical (unpaired) electrons. The predicted molar refractivity (Wildman–Crippen MR) is 76.1 cm³/mol. The van der Waals surface area contributed by atoms with Gasteiger partial charge in [-0.3, -0.25) is 4.79 Å². The van der Waals surface area contributed by atoms with Crippen molar-refractivity contribution in [2.24, 2.45) is 0 Å². The van der Waals surface area contributed by atoms with Gasteiger partial charge in [-0.1, -0.05) is 30.3 Å². The van der Waals surface area contributed by atoms with E-state index in [0.29, 0.717) is 5.70 Å². The third kappa shape index (κ3) is 5.66. The molecule has 6 heteroatoms. The van der Waals surface area contributed by atoms with E-state index in [1.165, 1.54) is 20.3 Å². The number of benzene rings is 1. The van der Waals surface area contributed by atoms with Gasteiger partial charge in [0.1, 0.15) is 0 Å². The van der Waals surface area contributed by atoms with E-state index in [2.05, 4.69) is 14.8 Å². The Kier molecular flexibility index (Phi) is 6.97. The maximum absolute atomic E-state index is 11.4. The van der Waals surface area contributed by atoms with Crippen LogP contribution in [0.4, 0.5) is 0 Å². The molecule has 0 fully saturated rings. The van der Waals surface area contributed by atoms with Crippen LogP contribution in [-0.2, 0) is 19.1 Å². The number of hydrogen-bond donors (Lipinski definition) is 2. The van der Waals surface area contributed by atoms with Gasteiger partial charge in [-0.05, 0) is 5.56 Å². The van der Waals surface area contributed by atoms with Crippen molar-refractivity contribution in [2.75, 3.05) is 20.8 Å². The van der Waals surface area contributed by atoms with Crippen molar-refractivity contribution < 1.29 is 24.2 Å². The number of nitrogens with one attached hydrogen (secondary N) is 1. The number of aliphatic hydroxyl groups excluding tert-OH is 1. The van der Waals surface area contributed by atoms with Crippen LogP contribution in [0.3, 0.4) is 0 Å². The highest BCUT2D eigenvalue weighted by Crippen LogP contribution is 2.15. The second-order valence-electron chi connectivity index (χ2n) is 4.24. The molecule has 0 aliphatic heterocycles. The van der Waals surface area contributed by atoms with Crippen molar-refractivity contribution in [1.29, 1.82) is 0 Å². The molecule has 0 aliphatic carbocycles. The lowest BCUT2D eigenvalue weighted by atomic mass is 10.1. The van der Waals surface area contributed by atoms with E-state index in [1.54, 1.807) is 0 Å². The van der Waals surface area contributed by atoms with Crippen LogP contribution in [0.25, 0.3) is 0 Å². The summed E-state index contributed by atoms with van der Waals surface area (Å²) in [5, 5.41) is 12.4. The number of hydrogen-bond acceptors (Lipinski definition) is 6. The third-order valence-electron chi connectivity index (χ3n) is 2.80. The van der Waals surface area contributed by atoms with Crippen LogP contribution in [0.1, 0.15) is 18.0 Å². The van der Waals surface area contributed by atoms with Crippen LogP contribution in [0.5, 0.6) is 0 Å². The van der Waals surface area contributed by atoms with Crippen LogP contribution in [-0.4, -0.2) is 37.9 Å². The number of carbonyl (C=O) groups is 2. The van der Waals surface area contributed by atoms with Crippen molar-refractivity contribution in [3.05, 3.63) is 47.7 Å². The van der Waals surface area contributed by atoms with Gasteiger partial charge in [0, 0.05) is 11.8 Å². The summed E-state index contributed by atoms with van der Waals surface area (Å²) in [6, 6.07) is 8.76. The molecule has 0 aromatic heterocycles. The number of carbonyl (C=O) groups excluding carboxylic acids is 2. The fraction of sp³-hybridized carbons (Fsp3) is 0.333. The molecule has 0 saturated heterocycles. The molecule has 1 aromatic rings. The maximum atomic E-state index is 11.4. The van der Waals surface area contributed by atoms with Crippen molar-refractivity contribution in [3.63, 3.8) is 0 Å². The van der Waals surface area contributed by atoms with Crippen molar-refractivity contribution in [3.8, 4) is 0 Å². The zero-order chi connectivity index (χ0) is 15.7. The Morgan fingerprint density at radius 1 is 1.24 bits per heavy atom. The first kappa shape index (κ1) is 16.7. The Morgan fingerprint density at radius 3 is 2.43 bits per heavy atom. The lowest BCUT2D eigenvalue weighted by Crippen LogP contribution is -2.26. The van der Waals surface area contributed by atoms with Crippen LogP contribution < -0.4 is 5.32 Å². The second-order valence-corrected chi connectivity index (χ2v) is 4.24. The average Bonchev–Trinajstić information content (AvgIpc) is 2.52. The summed E-state index contributed by atoms with van der Waals surface area (Å²) in [6.45, 7) is -0.191. The molecule has 1 rings (SSSR count). The summed E-state index contributed by atoms with van der Waals surface area (Å²) in [5.74, 6) is -1.09. The minimum Gasteiger partial charge on any atom is -0.469 e. The molecule has 0 bridgehead atoms. The second kappa shape index (κ2) is 8.76. The topological polar surface area (TPSA) is 84.9 Å². The van der Waals surface area contributed by atoms with Gasteiger partial charge in [-0.2, -0.15) is 0 Å². The summed E-state index contributed by atoms with van der Waals surface area (Å²) in [6.07, 6.45) is 1.05. The Bertz CT molecular complexity index is 498. The molecular weight excluding hydrogens is 274 g/mol. The number of ether oxygens (including phenoxy) is 2. The first-order valence-corrected chi connectivity index (χ1v) is 6.38. The first-order chi connectivity index (χ1) is 10.1. The fourth-order valence-corrected chi connectivity index (χ4v) is 1.72. The molecule has 1 atom stereocenters. The van der Waals surface area contributed by atoms with E-state index in [-0.39, 0.29) is 13.0 Å². The van der Waals surface area contributed by atoms with Gasteiger partial charge < -0.3 is 19.9 Å². The van der Waals surface area contributed by atoms with Crippen molar-refractivity contribution in [2.45, 2.75) is 12.5 Å². The van der Waals surface area contributed by atoms with E-state index in [4.69, 9.17) is 0 Å². The van der Waals surface area contributed by atoms with E-state index >= 15 is 0 Å². The quantitative estimate of drug-likeness (QED) is 0.574. The van der Waals surface area contributed by atoms with Gasteiger partial charge >= 0.3 is 11.9 Å². The van der Waals surface area contributed by atoms with E-state index in [9.17, 15) is 14.7 Å². The number of aliphatic hydroxyl groups is 1. The van der Waals surface area contributed by atoms with Crippen LogP contribution in [0, 0.1) is 0 Å². The fourth-order valence-electron chi connectivity index (χ4n) is 1.72. The molecule has 0 spiro atoms. The first-order valence-electron chi connectivity index (χ1n) is 6.38. The average molecular weight is 293 g/mol. The highest BCUT2D eigenvalue weighted by atomic mass is 16.5. The molecule has 0 aliphatic rings. The van der Waals surface area contributed by atoms with Crippen molar-refractivity contribution >= 4 is 11.9 Å². The Balaban J connectivity index is 2.90. The monoisotopic (exact) mass is 293 g/mol. The molecular formula is C15H19NO5. The zero-order valence-electron chi connectivity index (χ0n) is 12.0. The van der Waals surface area contributed by atoms with E-state index in [0.717, 1.165) is 5.56 Å². The summed E-state index contributed by atoms with van der Waals surface area (Å²) in [5.41, 5.74) is 1.15. The minimum atomic E-state index is -0.592. The van der Waals surface area contributed by atoms with Gasteiger partial charge in [-0.15, -0.1) is 0 Å². The number of esters is 2. The smallest absolute Gasteiger partial charge is 0.332 e.